The number of anilines is 2. The first kappa shape index (κ1) is 20.8. The second kappa shape index (κ2) is 8.35. The first-order valence-electron chi connectivity index (χ1n) is 9.70. The molecule has 1 fully saturated rings. The molecular weight excluding hydrogens is 422 g/mol. The number of rotatable bonds is 6. The maximum Gasteiger partial charge on any atom is 0.263 e. The Kier molecular flexibility index (Phi) is 5.60. The van der Waals surface area contributed by atoms with Crippen molar-refractivity contribution >= 4 is 40.7 Å². The van der Waals surface area contributed by atoms with Crippen molar-refractivity contribution in [1.29, 1.82) is 0 Å². The van der Waals surface area contributed by atoms with Crippen LogP contribution < -0.4 is 15.0 Å². The summed E-state index contributed by atoms with van der Waals surface area (Å²) >= 11 is 6.14. The van der Waals surface area contributed by atoms with Crippen molar-refractivity contribution in [2.24, 2.45) is 10.3 Å². The van der Waals surface area contributed by atoms with Gasteiger partial charge in [0.05, 0.1) is 17.8 Å². The Morgan fingerprint density at radius 2 is 1.90 bits per heavy atom. The van der Waals surface area contributed by atoms with Gasteiger partial charge in [-0.05, 0) is 42.3 Å². The summed E-state index contributed by atoms with van der Waals surface area (Å²) in [5.74, 6) is -0.968. The second-order valence-corrected chi connectivity index (χ2v) is 7.53. The Balaban J connectivity index is 1.47. The van der Waals surface area contributed by atoms with Crippen LogP contribution in [0.5, 0.6) is 5.75 Å². The van der Waals surface area contributed by atoms with Gasteiger partial charge in [0.2, 0.25) is 5.91 Å². The highest BCUT2D eigenvalue weighted by Crippen LogP contribution is 2.35. The third-order valence-corrected chi connectivity index (χ3v) is 5.50. The number of benzene rings is 2. The molecule has 0 aromatic heterocycles. The minimum absolute atomic E-state index is 0.212. The monoisotopic (exact) mass is 441 g/mol. The molecule has 2 aliphatic rings. The van der Waals surface area contributed by atoms with Crippen molar-refractivity contribution < 1.29 is 19.1 Å². The molecule has 2 aromatic carbocycles. The number of carbonyl (C=O) groups is 3. The summed E-state index contributed by atoms with van der Waals surface area (Å²) in [5, 5.41) is 12.1. The van der Waals surface area contributed by atoms with Crippen molar-refractivity contribution in [2.45, 2.75) is 25.4 Å². The zero-order valence-electron chi connectivity index (χ0n) is 16.9. The molecule has 0 saturated carbocycles. The molecule has 2 heterocycles. The molecule has 2 aromatic rings. The molecule has 4 rings (SSSR count). The van der Waals surface area contributed by atoms with Crippen molar-refractivity contribution in [1.82, 2.24) is 5.01 Å². The van der Waals surface area contributed by atoms with Crippen LogP contribution in [0.1, 0.15) is 12.5 Å². The summed E-state index contributed by atoms with van der Waals surface area (Å²) in [6.45, 7) is 1.84. The van der Waals surface area contributed by atoms with Crippen LogP contribution in [-0.2, 0) is 20.8 Å². The molecule has 3 amide bonds. The molecule has 2 unspecified atom stereocenters. The minimum atomic E-state index is -0.995. The molecule has 10 heteroatoms. The lowest BCUT2D eigenvalue weighted by molar-refractivity contribution is -0.123. The average molecular weight is 442 g/mol. The zero-order chi connectivity index (χ0) is 22.1. The van der Waals surface area contributed by atoms with E-state index < -0.39 is 23.9 Å². The Bertz CT molecular complexity index is 1070. The van der Waals surface area contributed by atoms with E-state index in [2.05, 4.69) is 15.7 Å². The van der Waals surface area contributed by atoms with Gasteiger partial charge >= 0.3 is 0 Å². The van der Waals surface area contributed by atoms with E-state index in [4.69, 9.17) is 16.3 Å². The lowest BCUT2D eigenvalue weighted by atomic mass is 10.1. The molecule has 2 aliphatic heterocycles. The van der Waals surface area contributed by atoms with Crippen LogP contribution in [0.3, 0.4) is 0 Å². The van der Waals surface area contributed by atoms with E-state index in [9.17, 15) is 14.4 Å². The number of nitrogens with one attached hydrogen (secondary N) is 1. The fraction of sp³-hybridized carbons (Fsp3) is 0.286. The van der Waals surface area contributed by atoms with Crippen LogP contribution in [0, 0.1) is 0 Å². The number of ether oxygens (including phenoxy) is 1. The Labute approximate surface area is 183 Å². The van der Waals surface area contributed by atoms with Crippen LogP contribution in [0.2, 0.25) is 5.02 Å². The maximum atomic E-state index is 13.0. The third kappa shape index (κ3) is 3.84. The van der Waals surface area contributed by atoms with Crippen LogP contribution in [0.25, 0.3) is 0 Å². The number of imide groups is 1. The highest BCUT2D eigenvalue weighted by molar-refractivity contribution is 6.33. The molecule has 0 bridgehead atoms. The van der Waals surface area contributed by atoms with Crippen molar-refractivity contribution in [3.05, 3.63) is 53.1 Å². The number of carbonyl (C=O) groups excluding carboxylic acids is 3. The lowest BCUT2D eigenvalue weighted by Crippen LogP contribution is -2.43. The van der Waals surface area contributed by atoms with E-state index in [0.717, 1.165) is 16.9 Å². The molecule has 0 aliphatic carbocycles. The Morgan fingerprint density at radius 3 is 2.55 bits per heavy atom. The van der Waals surface area contributed by atoms with E-state index in [-0.39, 0.29) is 17.5 Å². The predicted octanol–water partition coefficient (Wildman–Crippen LogP) is 2.84. The number of methoxy groups -OCH3 is 1. The van der Waals surface area contributed by atoms with Gasteiger partial charge in [-0.15, -0.1) is 0 Å². The lowest BCUT2D eigenvalue weighted by Gasteiger charge is -2.20. The highest BCUT2D eigenvalue weighted by atomic mass is 35.5. The number of amides is 3. The van der Waals surface area contributed by atoms with Gasteiger partial charge in [0.15, 0.2) is 12.1 Å². The third-order valence-electron chi connectivity index (χ3n) is 5.20. The van der Waals surface area contributed by atoms with Gasteiger partial charge < -0.3 is 10.1 Å². The molecule has 1 saturated heterocycles. The molecule has 31 heavy (non-hydrogen) atoms. The van der Waals surface area contributed by atoms with E-state index in [1.807, 2.05) is 31.2 Å². The largest absolute Gasteiger partial charge is 0.495 e. The number of halogens is 1. The number of nitrogens with zero attached hydrogens (tertiary/aromatic N) is 4. The summed E-state index contributed by atoms with van der Waals surface area (Å²) in [7, 11) is 1.47. The van der Waals surface area contributed by atoms with Gasteiger partial charge in [-0.2, -0.15) is 5.11 Å². The van der Waals surface area contributed by atoms with Crippen LogP contribution in [0.4, 0.5) is 11.4 Å². The molecule has 0 spiro atoms. The summed E-state index contributed by atoms with van der Waals surface area (Å²) < 4.78 is 5.11. The molecule has 0 radical (unpaired) electrons. The quantitative estimate of drug-likeness (QED) is 0.694. The van der Waals surface area contributed by atoms with Crippen molar-refractivity contribution in [3.63, 3.8) is 0 Å². The van der Waals surface area contributed by atoms with Crippen molar-refractivity contribution in [3.8, 4) is 5.75 Å². The number of fused-ring (bicyclic) bond motifs is 1. The summed E-state index contributed by atoms with van der Waals surface area (Å²) in [5.41, 5.74) is 2.10. The SMILES string of the molecule is CCc1ccc(NC(=O)CN2N=NC3C(=O)N(c4ccc(OC)c(Cl)c4)C(=O)C32)cc1. The fourth-order valence-electron chi connectivity index (χ4n) is 3.57. The van der Waals surface area contributed by atoms with E-state index >= 15 is 0 Å². The molecule has 2 atom stereocenters. The topological polar surface area (TPSA) is 104 Å². The maximum absolute atomic E-state index is 13.0. The van der Waals surface area contributed by atoms with E-state index in [0.29, 0.717) is 17.1 Å². The summed E-state index contributed by atoms with van der Waals surface area (Å²) in [4.78, 5) is 39.3. The van der Waals surface area contributed by atoms with Crippen LogP contribution in [-0.4, -0.2) is 48.5 Å². The van der Waals surface area contributed by atoms with Gasteiger partial charge in [0.1, 0.15) is 12.3 Å². The first-order valence-corrected chi connectivity index (χ1v) is 10.1. The highest BCUT2D eigenvalue weighted by Gasteiger charge is 2.55. The predicted molar refractivity (Wildman–Crippen MR) is 114 cm³/mol. The zero-order valence-corrected chi connectivity index (χ0v) is 17.7. The van der Waals surface area contributed by atoms with Gasteiger partial charge in [-0.3, -0.25) is 19.4 Å². The number of hydrogen-bond acceptors (Lipinski definition) is 7. The van der Waals surface area contributed by atoms with Crippen molar-refractivity contribution in [2.75, 3.05) is 23.9 Å². The first-order chi connectivity index (χ1) is 14.9. The molecular formula is C21H20ClN5O4. The van der Waals surface area contributed by atoms with Gasteiger partial charge in [-0.25, -0.2) is 4.90 Å². The Morgan fingerprint density at radius 1 is 1.16 bits per heavy atom. The standard InChI is InChI=1S/C21H20ClN5O4/c1-3-12-4-6-13(7-5-12)23-17(28)11-26-19-18(24-25-26)20(29)27(21(19)30)14-8-9-16(31-2)15(22)10-14/h4-10,18-19H,3,11H2,1-2H3,(H,23,28). The molecule has 9 nitrogen and oxygen atoms in total. The summed E-state index contributed by atoms with van der Waals surface area (Å²) in [6, 6.07) is 10.1. The van der Waals surface area contributed by atoms with E-state index in [1.54, 1.807) is 12.1 Å². The van der Waals surface area contributed by atoms with Gasteiger partial charge in [0, 0.05) is 5.69 Å². The smallest absolute Gasteiger partial charge is 0.263 e. The Hall–Kier alpha value is -3.46. The number of aryl methyl sites for hydroxylation is 1. The van der Waals surface area contributed by atoms with Crippen LogP contribution >= 0.6 is 11.6 Å². The normalized spacial score (nSPS) is 19.7. The second-order valence-electron chi connectivity index (χ2n) is 7.12. The average Bonchev–Trinajstić information content (AvgIpc) is 3.28. The number of hydrogen-bond donors (Lipinski definition) is 1. The fourth-order valence-corrected chi connectivity index (χ4v) is 3.83. The van der Waals surface area contributed by atoms with Gasteiger partial charge in [-0.1, -0.05) is 35.9 Å². The van der Waals surface area contributed by atoms with E-state index in [1.165, 1.54) is 18.2 Å². The summed E-state index contributed by atoms with van der Waals surface area (Å²) in [6.07, 6.45) is 0.900. The molecule has 1 N–H and O–H groups in total. The van der Waals surface area contributed by atoms with Gasteiger partial charge in [0.25, 0.3) is 11.8 Å². The molecule has 160 valence electrons. The minimum Gasteiger partial charge on any atom is -0.495 e. The van der Waals surface area contributed by atoms with Crippen LogP contribution in [0.15, 0.2) is 52.8 Å².